The van der Waals surface area contributed by atoms with Gasteiger partial charge in [-0.15, -0.1) is 10.2 Å². The van der Waals surface area contributed by atoms with Crippen LogP contribution in [0.3, 0.4) is 0 Å². The molecule has 0 saturated carbocycles. The zero-order valence-corrected chi connectivity index (χ0v) is 18.3. The number of hydrogen-bond acceptors (Lipinski definition) is 5. The third-order valence-corrected chi connectivity index (χ3v) is 5.87. The number of aromatic nitrogens is 4. The van der Waals surface area contributed by atoms with E-state index in [1.807, 2.05) is 54.0 Å². The van der Waals surface area contributed by atoms with E-state index in [2.05, 4.69) is 20.5 Å². The highest BCUT2D eigenvalue weighted by molar-refractivity contribution is 7.99. The van der Waals surface area contributed by atoms with Crippen LogP contribution in [0.15, 0.2) is 84.3 Å². The molecule has 4 aromatic rings. The molecular formula is C24H22FN5OS. The molecule has 4 rings (SSSR count). The number of carbonyl (C=O) groups is 1. The van der Waals surface area contributed by atoms with Crippen molar-refractivity contribution in [2.75, 3.05) is 5.75 Å². The van der Waals surface area contributed by atoms with Crippen molar-refractivity contribution in [3.05, 3.63) is 96.1 Å². The van der Waals surface area contributed by atoms with E-state index < -0.39 is 0 Å². The summed E-state index contributed by atoms with van der Waals surface area (Å²) in [7, 11) is 0. The molecule has 0 bridgehead atoms. The van der Waals surface area contributed by atoms with Gasteiger partial charge >= 0.3 is 0 Å². The van der Waals surface area contributed by atoms with Gasteiger partial charge < -0.3 is 5.32 Å². The van der Waals surface area contributed by atoms with Gasteiger partial charge in [-0.25, -0.2) is 4.39 Å². The Labute approximate surface area is 189 Å². The number of carbonyl (C=O) groups excluding carboxylic acids is 1. The van der Waals surface area contributed by atoms with E-state index in [1.165, 1.54) is 23.9 Å². The van der Waals surface area contributed by atoms with E-state index in [4.69, 9.17) is 0 Å². The molecule has 2 heterocycles. The van der Waals surface area contributed by atoms with E-state index in [0.29, 0.717) is 17.5 Å². The van der Waals surface area contributed by atoms with Crippen molar-refractivity contribution in [3.8, 4) is 11.4 Å². The van der Waals surface area contributed by atoms with Gasteiger partial charge in [0.2, 0.25) is 5.91 Å². The first-order valence-corrected chi connectivity index (χ1v) is 11.1. The number of hydrogen-bond donors (Lipinski definition) is 1. The molecule has 0 saturated heterocycles. The first-order valence-electron chi connectivity index (χ1n) is 10.2. The summed E-state index contributed by atoms with van der Waals surface area (Å²) in [5.74, 6) is 0.449. The molecule has 6 nitrogen and oxygen atoms in total. The molecule has 2 aromatic heterocycles. The summed E-state index contributed by atoms with van der Waals surface area (Å²) in [6.07, 6.45) is 3.46. The average molecular weight is 448 g/mol. The Hall–Kier alpha value is -3.52. The minimum absolute atomic E-state index is 0.135. The van der Waals surface area contributed by atoms with Crippen molar-refractivity contribution in [1.29, 1.82) is 0 Å². The quantitative estimate of drug-likeness (QED) is 0.403. The highest BCUT2D eigenvalue weighted by Crippen LogP contribution is 2.25. The molecule has 1 N–H and O–H groups in total. The van der Waals surface area contributed by atoms with Gasteiger partial charge in [0.1, 0.15) is 5.82 Å². The van der Waals surface area contributed by atoms with E-state index in [-0.39, 0.29) is 23.5 Å². The Morgan fingerprint density at radius 3 is 2.56 bits per heavy atom. The lowest BCUT2D eigenvalue weighted by atomic mass is 10.1. The van der Waals surface area contributed by atoms with Crippen molar-refractivity contribution < 1.29 is 9.18 Å². The van der Waals surface area contributed by atoms with Crippen LogP contribution in [0.4, 0.5) is 4.39 Å². The fraction of sp³-hybridized carbons (Fsp3) is 0.167. The van der Waals surface area contributed by atoms with Crippen LogP contribution < -0.4 is 5.32 Å². The molecule has 0 fully saturated rings. The third kappa shape index (κ3) is 5.39. The predicted octanol–water partition coefficient (Wildman–Crippen LogP) is 4.50. The maximum Gasteiger partial charge on any atom is 0.230 e. The zero-order valence-electron chi connectivity index (χ0n) is 17.5. The van der Waals surface area contributed by atoms with Crippen LogP contribution in [0, 0.1) is 5.82 Å². The summed E-state index contributed by atoms with van der Waals surface area (Å²) in [4.78, 5) is 16.7. The number of nitrogens with zero attached hydrogens (tertiary/aromatic N) is 4. The fourth-order valence-corrected chi connectivity index (χ4v) is 4.01. The largest absolute Gasteiger partial charge is 0.349 e. The first-order chi connectivity index (χ1) is 15.6. The Morgan fingerprint density at radius 1 is 1.06 bits per heavy atom. The molecular weight excluding hydrogens is 425 g/mol. The minimum Gasteiger partial charge on any atom is -0.349 e. The van der Waals surface area contributed by atoms with Crippen LogP contribution in [0.5, 0.6) is 0 Å². The number of halogens is 1. The maximum atomic E-state index is 13.1. The highest BCUT2D eigenvalue weighted by Gasteiger charge is 2.17. The van der Waals surface area contributed by atoms with Crippen molar-refractivity contribution in [2.24, 2.45) is 0 Å². The topological polar surface area (TPSA) is 72.7 Å². The zero-order chi connectivity index (χ0) is 22.3. The number of pyridine rings is 1. The van der Waals surface area contributed by atoms with Gasteiger partial charge in [-0.3, -0.25) is 14.3 Å². The fourth-order valence-electron chi connectivity index (χ4n) is 3.26. The molecule has 0 spiro atoms. The molecule has 32 heavy (non-hydrogen) atoms. The third-order valence-electron chi connectivity index (χ3n) is 4.90. The molecule has 1 amide bonds. The molecule has 0 aliphatic heterocycles. The summed E-state index contributed by atoms with van der Waals surface area (Å²) in [5.41, 5.74) is 2.81. The lowest BCUT2D eigenvalue weighted by Gasteiger charge is -2.14. The molecule has 0 unspecified atom stereocenters. The second-order valence-electron chi connectivity index (χ2n) is 7.25. The normalized spacial score (nSPS) is 11.8. The van der Waals surface area contributed by atoms with Crippen LogP contribution in [0.1, 0.15) is 24.1 Å². The minimum atomic E-state index is -0.301. The molecule has 0 aliphatic rings. The second kappa shape index (κ2) is 10.2. The molecule has 0 aliphatic carbocycles. The van der Waals surface area contributed by atoms with E-state index in [0.717, 1.165) is 16.7 Å². The number of amides is 1. The van der Waals surface area contributed by atoms with Crippen molar-refractivity contribution in [3.63, 3.8) is 0 Å². The number of benzene rings is 2. The molecule has 162 valence electrons. The Morgan fingerprint density at radius 2 is 1.84 bits per heavy atom. The van der Waals surface area contributed by atoms with Crippen molar-refractivity contribution in [2.45, 2.75) is 24.7 Å². The van der Waals surface area contributed by atoms with Crippen LogP contribution in [0.2, 0.25) is 0 Å². The van der Waals surface area contributed by atoms with Crippen molar-refractivity contribution >= 4 is 17.7 Å². The Bertz CT molecular complexity index is 1170. The first kappa shape index (κ1) is 21.7. The Kier molecular flexibility index (Phi) is 6.91. The van der Waals surface area contributed by atoms with E-state index in [9.17, 15) is 9.18 Å². The van der Waals surface area contributed by atoms with Gasteiger partial charge in [-0.2, -0.15) is 0 Å². The number of rotatable bonds is 8. The van der Waals surface area contributed by atoms with Gasteiger partial charge in [-0.1, -0.05) is 54.2 Å². The lowest BCUT2D eigenvalue weighted by Crippen LogP contribution is -2.28. The molecule has 8 heteroatoms. The summed E-state index contributed by atoms with van der Waals surface area (Å²) in [6, 6.07) is 19.7. The smallest absolute Gasteiger partial charge is 0.230 e. The van der Waals surface area contributed by atoms with E-state index in [1.54, 1.807) is 24.5 Å². The van der Waals surface area contributed by atoms with Gasteiger partial charge in [-0.05, 0) is 42.3 Å². The Balaban J connectivity index is 1.48. The standard InChI is InChI=1S/C24H22FN5OS/c1-17(19-9-11-21(25)12-10-19)27-22(31)16-32-24-29-28-23(20-8-5-13-26-14-20)30(24)15-18-6-3-2-4-7-18/h2-14,17H,15-16H2,1H3,(H,27,31)/t17-/m0/s1. The van der Waals surface area contributed by atoms with Gasteiger partial charge in [0.05, 0.1) is 18.3 Å². The second-order valence-corrected chi connectivity index (χ2v) is 8.19. The van der Waals surface area contributed by atoms with Crippen LogP contribution in [-0.2, 0) is 11.3 Å². The molecule has 0 radical (unpaired) electrons. The average Bonchev–Trinajstić information content (AvgIpc) is 3.21. The number of thioether (sulfide) groups is 1. The van der Waals surface area contributed by atoms with Crippen molar-refractivity contribution in [1.82, 2.24) is 25.1 Å². The highest BCUT2D eigenvalue weighted by atomic mass is 32.2. The van der Waals surface area contributed by atoms with E-state index >= 15 is 0 Å². The van der Waals surface area contributed by atoms with Crippen LogP contribution in [0.25, 0.3) is 11.4 Å². The molecule has 2 aromatic carbocycles. The molecule has 1 atom stereocenters. The summed E-state index contributed by atoms with van der Waals surface area (Å²) >= 11 is 1.33. The number of nitrogens with one attached hydrogen (secondary N) is 1. The lowest BCUT2D eigenvalue weighted by molar-refractivity contribution is -0.119. The summed E-state index contributed by atoms with van der Waals surface area (Å²) in [6.45, 7) is 2.45. The maximum absolute atomic E-state index is 13.1. The van der Waals surface area contributed by atoms with Crippen LogP contribution >= 0.6 is 11.8 Å². The van der Waals surface area contributed by atoms with Crippen LogP contribution in [-0.4, -0.2) is 31.4 Å². The predicted molar refractivity (Wildman–Crippen MR) is 122 cm³/mol. The van der Waals surface area contributed by atoms with Gasteiger partial charge in [0, 0.05) is 18.0 Å². The monoisotopic (exact) mass is 447 g/mol. The van der Waals surface area contributed by atoms with Gasteiger partial charge in [0.15, 0.2) is 11.0 Å². The summed E-state index contributed by atoms with van der Waals surface area (Å²) < 4.78 is 15.1. The van der Waals surface area contributed by atoms with Gasteiger partial charge in [0.25, 0.3) is 0 Å². The summed E-state index contributed by atoms with van der Waals surface area (Å²) in [5, 5.41) is 12.3. The SMILES string of the molecule is C[C@H](NC(=O)CSc1nnc(-c2cccnc2)n1Cc1ccccc1)c1ccc(F)cc1.